The molecule has 0 unspecified atom stereocenters. The van der Waals surface area contributed by atoms with Crippen LogP contribution in [0.1, 0.15) is 34.9 Å². The number of ether oxygens (including phenoxy) is 1. The Morgan fingerprint density at radius 3 is 2.65 bits per heavy atom. The van der Waals surface area contributed by atoms with Crippen molar-refractivity contribution >= 4 is 39.5 Å². The van der Waals surface area contributed by atoms with E-state index in [1.807, 2.05) is 19.9 Å². The molecule has 1 aromatic heterocycles. The minimum atomic E-state index is -0.164. The van der Waals surface area contributed by atoms with E-state index in [-0.39, 0.29) is 5.97 Å². The van der Waals surface area contributed by atoms with E-state index in [1.165, 1.54) is 16.7 Å². The van der Waals surface area contributed by atoms with Crippen LogP contribution in [0.4, 0.5) is 0 Å². The first-order chi connectivity index (χ1) is 12.5. The molecule has 0 atom stereocenters. The maximum atomic E-state index is 11.9. The van der Waals surface area contributed by atoms with Crippen LogP contribution < -0.4 is 0 Å². The molecule has 26 heavy (non-hydrogen) atoms. The maximum Gasteiger partial charge on any atom is 0.310 e. The molecule has 2 aromatic carbocycles. The molecule has 0 spiro atoms. The standard InChI is InChI=1S/C22H23IO3/c1-4-25-21(24)13-18-7-5-14(2)9-17(18)8-6-16-11-19-10-15(3)26-22(19)20(23)12-16/h5,7,9-12H,4,6,8,13H2,1-3H3. The van der Waals surface area contributed by atoms with Gasteiger partial charge in [-0.05, 0) is 91.1 Å². The zero-order valence-corrected chi connectivity index (χ0v) is 17.6. The molecule has 0 saturated heterocycles. The molecule has 0 saturated carbocycles. The number of benzene rings is 2. The van der Waals surface area contributed by atoms with Crippen molar-refractivity contribution in [3.8, 4) is 0 Å². The number of aryl methyl sites for hydroxylation is 4. The Hall–Kier alpha value is -1.82. The number of carbonyl (C=O) groups is 1. The second-order valence-corrected chi connectivity index (χ2v) is 7.77. The van der Waals surface area contributed by atoms with Crippen molar-refractivity contribution < 1.29 is 13.9 Å². The van der Waals surface area contributed by atoms with Crippen LogP contribution in [0.25, 0.3) is 11.0 Å². The predicted octanol–water partition coefficient (Wildman–Crippen LogP) is 5.55. The average molecular weight is 462 g/mol. The number of halogens is 1. The number of fused-ring (bicyclic) bond motifs is 1. The molecule has 3 nitrogen and oxygen atoms in total. The van der Waals surface area contributed by atoms with Crippen LogP contribution >= 0.6 is 22.6 Å². The molecule has 0 aliphatic rings. The third kappa shape index (κ3) is 4.47. The van der Waals surface area contributed by atoms with E-state index in [4.69, 9.17) is 9.15 Å². The highest BCUT2D eigenvalue weighted by atomic mass is 127. The molecular formula is C22H23IO3. The molecule has 4 heteroatoms. The topological polar surface area (TPSA) is 39.4 Å². The van der Waals surface area contributed by atoms with Crippen LogP contribution in [0.15, 0.2) is 40.8 Å². The lowest BCUT2D eigenvalue weighted by Gasteiger charge is -2.11. The van der Waals surface area contributed by atoms with Gasteiger partial charge in [0.1, 0.15) is 11.3 Å². The van der Waals surface area contributed by atoms with Crippen LogP contribution in [0.2, 0.25) is 0 Å². The molecule has 0 N–H and O–H groups in total. The summed E-state index contributed by atoms with van der Waals surface area (Å²) in [6, 6.07) is 12.8. The summed E-state index contributed by atoms with van der Waals surface area (Å²) in [6.45, 7) is 6.32. The fraction of sp³-hybridized carbons (Fsp3) is 0.318. The Kier molecular flexibility index (Phi) is 6.01. The molecule has 0 bridgehead atoms. The largest absolute Gasteiger partial charge is 0.466 e. The first kappa shape index (κ1) is 19.0. The summed E-state index contributed by atoms with van der Waals surface area (Å²) in [6.07, 6.45) is 2.16. The third-order valence-electron chi connectivity index (χ3n) is 4.44. The van der Waals surface area contributed by atoms with Gasteiger partial charge in [-0.1, -0.05) is 23.8 Å². The van der Waals surface area contributed by atoms with E-state index in [0.29, 0.717) is 13.0 Å². The molecule has 0 radical (unpaired) electrons. The molecular weight excluding hydrogens is 439 g/mol. The summed E-state index contributed by atoms with van der Waals surface area (Å²) in [5, 5.41) is 1.15. The van der Waals surface area contributed by atoms with E-state index in [2.05, 4.69) is 59.8 Å². The van der Waals surface area contributed by atoms with E-state index >= 15 is 0 Å². The monoisotopic (exact) mass is 462 g/mol. The Balaban J connectivity index is 1.80. The molecule has 0 aliphatic carbocycles. The van der Waals surface area contributed by atoms with Gasteiger partial charge in [0.25, 0.3) is 0 Å². The lowest BCUT2D eigenvalue weighted by Crippen LogP contribution is -2.10. The molecule has 0 amide bonds. The van der Waals surface area contributed by atoms with Gasteiger partial charge in [-0.3, -0.25) is 4.79 Å². The van der Waals surface area contributed by atoms with Gasteiger partial charge in [0.15, 0.2) is 0 Å². The van der Waals surface area contributed by atoms with E-state index in [9.17, 15) is 4.79 Å². The lowest BCUT2D eigenvalue weighted by molar-refractivity contribution is -0.142. The van der Waals surface area contributed by atoms with Crippen LogP contribution in [-0.4, -0.2) is 12.6 Å². The number of carbonyl (C=O) groups excluding carboxylic acids is 1. The minimum absolute atomic E-state index is 0.164. The van der Waals surface area contributed by atoms with Crippen LogP contribution in [0.3, 0.4) is 0 Å². The van der Waals surface area contributed by atoms with Crippen LogP contribution in [-0.2, 0) is 28.8 Å². The summed E-state index contributed by atoms with van der Waals surface area (Å²) >= 11 is 2.33. The van der Waals surface area contributed by atoms with E-state index in [0.717, 1.165) is 38.7 Å². The highest BCUT2D eigenvalue weighted by Crippen LogP contribution is 2.27. The SMILES string of the molecule is CCOC(=O)Cc1ccc(C)cc1CCc1cc(I)c2oc(C)cc2c1. The zero-order chi connectivity index (χ0) is 18.7. The van der Waals surface area contributed by atoms with Crippen molar-refractivity contribution in [1.82, 2.24) is 0 Å². The highest BCUT2D eigenvalue weighted by molar-refractivity contribution is 14.1. The molecule has 0 aliphatic heterocycles. The van der Waals surface area contributed by atoms with Gasteiger partial charge >= 0.3 is 5.97 Å². The Morgan fingerprint density at radius 1 is 1.08 bits per heavy atom. The summed E-state index contributed by atoms with van der Waals surface area (Å²) in [7, 11) is 0. The number of hydrogen-bond acceptors (Lipinski definition) is 3. The second-order valence-electron chi connectivity index (χ2n) is 6.61. The fourth-order valence-corrected chi connectivity index (χ4v) is 4.07. The number of rotatable bonds is 6. The van der Waals surface area contributed by atoms with Crippen molar-refractivity contribution in [1.29, 1.82) is 0 Å². The Bertz CT molecular complexity index is 940. The van der Waals surface area contributed by atoms with Gasteiger partial charge in [0.2, 0.25) is 0 Å². The van der Waals surface area contributed by atoms with Crippen molar-refractivity contribution in [3.05, 3.63) is 68.0 Å². The third-order valence-corrected chi connectivity index (χ3v) is 5.24. The minimum Gasteiger partial charge on any atom is -0.466 e. The second kappa shape index (κ2) is 8.25. The normalized spacial score (nSPS) is 11.1. The van der Waals surface area contributed by atoms with E-state index < -0.39 is 0 Å². The van der Waals surface area contributed by atoms with Gasteiger partial charge in [-0.15, -0.1) is 0 Å². The molecule has 3 aromatic rings. The van der Waals surface area contributed by atoms with Crippen molar-refractivity contribution in [2.45, 2.75) is 40.0 Å². The summed E-state index contributed by atoms with van der Waals surface area (Å²) in [5.74, 6) is 0.771. The molecule has 0 fully saturated rings. The predicted molar refractivity (Wildman–Crippen MR) is 113 cm³/mol. The zero-order valence-electron chi connectivity index (χ0n) is 15.4. The van der Waals surface area contributed by atoms with E-state index in [1.54, 1.807) is 0 Å². The number of hydrogen-bond donors (Lipinski definition) is 0. The van der Waals surface area contributed by atoms with Crippen LogP contribution in [0.5, 0.6) is 0 Å². The number of furan rings is 1. The van der Waals surface area contributed by atoms with Gasteiger partial charge < -0.3 is 9.15 Å². The first-order valence-corrected chi connectivity index (χ1v) is 9.96. The maximum absolute atomic E-state index is 11.9. The molecule has 1 heterocycles. The van der Waals surface area contributed by atoms with Crippen molar-refractivity contribution in [2.24, 2.45) is 0 Å². The smallest absolute Gasteiger partial charge is 0.310 e. The highest BCUT2D eigenvalue weighted by Gasteiger charge is 2.11. The van der Waals surface area contributed by atoms with Gasteiger partial charge in [-0.2, -0.15) is 0 Å². The molecule has 136 valence electrons. The quantitative estimate of drug-likeness (QED) is 0.357. The molecule has 3 rings (SSSR count). The first-order valence-electron chi connectivity index (χ1n) is 8.89. The van der Waals surface area contributed by atoms with Gasteiger partial charge in [-0.25, -0.2) is 0 Å². The van der Waals surface area contributed by atoms with Crippen molar-refractivity contribution in [3.63, 3.8) is 0 Å². The summed E-state index contributed by atoms with van der Waals surface area (Å²) in [4.78, 5) is 11.9. The van der Waals surface area contributed by atoms with Crippen LogP contribution in [0, 0.1) is 17.4 Å². The summed E-state index contributed by atoms with van der Waals surface area (Å²) in [5.41, 5.74) is 5.74. The lowest BCUT2D eigenvalue weighted by atomic mass is 9.96. The van der Waals surface area contributed by atoms with Crippen molar-refractivity contribution in [2.75, 3.05) is 6.61 Å². The fourth-order valence-electron chi connectivity index (χ4n) is 3.25. The number of esters is 1. The van der Waals surface area contributed by atoms with Gasteiger partial charge in [0, 0.05) is 5.39 Å². The van der Waals surface area contributed by atoms with Gasteiger partial charge in [0.05, 0.1) is 16.6 Å². The Morgan fingerprint density at radius 2 is 1.88 bits per heavy atom. The average Bonchev–Trinajstić information content (AvgIpc) is 2.96. The summed E-state index contributed by atoms with van der Waals surface area (Å²) < 4.78 is 12.0. The Labute approximate surface area is 167 Å².